The summed E-state index contributed by atoms with van der Waals surface area (Å²) in [6.45, 7) is 0. The first kappa shape index (κ1) is 36.9. The number of fused-ring (bicyclic) bond motifs is 7. The SMILES string of the molecule is C1=CC(c2ccc(N(c3ccc(-c4ccccc4)cc3)c3ccc(-c4cccc5c4oc4c6c(ccc45)C(c4ccccc4)(c4ccccc4)c4ccccc4-6)cc3)cc2)=CCC1. The Hall–Kier alpha value is -7.94. The molecule has 0 bridgehead atoms. The summed E-state index contributed by atoms with van der Waals surface area (Å²) in [5, 5.41) is 2.24. The molecule has 0 amide bonds. The average Bonchev–Trinajstić information content (AvgIpc) is 3.90. The third kappa shape index (κ3) is 6.02. The summed E-state index contributed by atoms with van der Waals surface area (Å²) in [7, 11) is 0. The van der Waals surface area contributed by atoms with E-state index < -0.39 is 5.41 Å². The van der Waals surface area contributed by atoms with Gasteiger partial charge < -0.3 is 9.32 Å². The van der Waals surface area contributed by atoms with E-state index >= 15 is 0 Å². The molecule has 2 aliphatic carbocycles. The Bertz CT molecular complexity index is 3300. The highest BCUT2D eigenvalue weighted by molar-refractivity contribution is 6.15. The van der Waals surface area contributed by atoms with Crippen molar-refractivity contribution in [3.05, 3.63) is 264 Å². The van der Waals surface area contributed by atoms with Gasteiger partial charge >= 0.3 is 0 Å². The molecule has 2 aliphatic rings. The third-order valence-electron chi connectivity index (χ3n) is 13.2. The van der Waals surface area contributed by atoms with Crippen molar-refractivity contribution in [3.8, 4) is 33.4 Å². The minimum Gasteiger partial charge on any atom is -0.455 e. The van der Waals surface area contributed by atoms with E-state index in [2.05, 4.69) is 242 Å². The van der Waals surface area contributed by atoms with Crippen LogP contribution in [0.15, 0.2) is 241 Å². The van der Waals surface area contributed by atoms with Crippen LogP contribution >= 0.6 is 0 Å². The molecule has 2 nitrogen and oxygen atoms in total. The molecule has 298 valence electrons. The third-order valence-corrected chi connectivity index (χ3v) is 13.2. The molecule has 10 aromatic rings. The minimum absolute atomic E-state index is 0.488. The van der Waals surface area contributed by atoms with Crippen LogP contribution in [0, 0.1) is 0 Å². The van der Waals surface area contributed by atoms with E-state index in [-0.39, 0.29) is 0 Å². The lowest BCUT2D eigenvalue weighted by atomic mass is 9.68. The van der Waals surface area contributed by atoms with Crippen molar-refractivity contribution in [1.82, 2.24) is 0 Å². The first-order valence-corrected chi connectivity index (χ1v) is 22.0. The number of hydrogen-bond acceptors (Lipinski definition) is 2. The molecular weight excluding hydrogens is 763 g/mol. The number of anilines is 3. The van der Waals surface area contributed by atoms with E-state index in [0.717, 1.165) is 63.0 Å². The lowest BCUT2D eigenvalue weighted by molar-refractivity contribution is 0.670. The summed E-state index contributed by atoms with van der Waals surface area (Å²) in [6, 6.07) is 79.4. The smallest absolute Gasteiger partial charge is 0.143 e. The van der Waals surface area contributed by atoms with Crippen LogP contribution in [0.5, 0.6) is 0 Å². The molecule has 9 aromatic carbocycles. The second kappa shape index (κ2) is 15.2. The maximum absolute atomic E-state index is 7.21. The summed E-state index contributed by atoms with van der Waals surface area (Å²) in [4.78, 5) is 2.35. The zero-order chi connectivity index (χ0) is 41.7. The van der Waals surface area contributed by atoms with Crippen LogP contribution in [-0.2, 0) is 5.41 Å². The van der Waals surface area contributed by atoms with Crippen molar-refractivity contribution in [3.63, 3.8) is 0 Å². The molecule has 0 saturated heterocycles. The maximum atomic E-state index is 7.21. The van der Waals surface area contributed by atoms with Crippen LogP contribution in [0.1, 0.15) is 40.7 Å². The lowest BCUT2D eigenvalue weighted by Gasteiger charge is -2.33. The van der Waals surface area contributed by atoms with E-state index in [1.807, 2.05) is 0 Å². The average molecular weight is 806 g/mol. The fourth-order valence-corrected chi connectivity index (χ4v) is 10.3. The molecule has 0 spiro atoms. The number of allylic oxidation sites excluding steroid dienone is 4. The fraction of sp³-hybridized carbons (Fsp3) is 0.0492. The van der Waals surface area contributed by atoms with Gasteiger partial charge in [0, 0.05) is 39.0 Å². The zero-order valence-corrected chi connectivity index (χ0v) is 34.8. The molecule has 0 aliphatic heterocycles. The number of furan rings is 1. The number of benzene rings is 9. The Morgan fingerprint density at radius 3 is 1.56 bits per heavy atom. The molecule has 0 unspecified atom stereocenters. The van der Waals surface area contributed by atoms with Gasteiger partial charge in [0.2, 0.25) is 0 Å². The Morgan fingerprint density at radius 1 is 0.381 bits per heavy atom. The van der Waals surface area contributed by atoms with Gasteiger partial charge in [0.15, 0.2) is 0 Å². The van der Waals surface area contributed by atoms with Crippen molar-refractivity contribution < 1.29 is 4.42 Å². The largest absolute Gasteiger partial charge is 0.455 e. The molecule has 0 radical (unpaired) electrons. The summed E-state index contributed by atoms with van der Waals surface area (Å²) in [6.07, 6.45) is 9.04. The first-order valence-electron chi connectivity index (χ1n) is 22.0. The van der Waals surface area contributed by atoms with Gasteiger partial charge in [-0.3, -0.25) is 0 Å². The van der Waals surface area contributed by atoms with Crippen LogP contribution < -0.4 is 4.90 Å². The minimum atomic E-state index is -0.488. The highest BCUT2D eigenvalue weighted by Gasteiger charge is 2.47. The molecule has 2 heteroatoms. The maximum Gasteiger partial charge on any atom is 0.143 e. The molecule has 1 heterocycles. The van der Waals surface area contributed by atoms with E-state index in [4.69, 9.17) is 4.42 Å². The Kier molecular flexibility index (Phi) is 8.90. The van der Waals surface area contributed by atoms with Crippen LogP contribution in [-0.4, -0.2) is 0 Å². The topological polar surface area (TPSA) is 16.4 Å². The number of rotatable bonds is 8. The molecule has 63 heavy (non-hydrogen) atoms. The zero-order valence-electron chi connectivity index (χ0n) is 34.8. The van der Waals surface area contributed by atoms with Gasteiger partial charge in [-0.25, -0.2) is 0 Å². The second-order valence-electron chi connectivity index (χ2n) is 16.7. The van der Waals surface area contributed by atoms with Crippen LogP contribution in [0.3, 0.4) is 0 Å². The van der Waals surface area contributed by atoms with Crippen LogP contribution in [0.4, 0.5) is 17.1 Å². The monoisotopic (exact) mass is 805 g/mol. The summed E-state index contributed by atoms with van der Waals surface area (Å²) in [5.74, 6) is 0. The summed E-state index contributed by atoms with van der Waals surface area (Å²) >= 11 is 0. The predicted octanol–water partition coefficient (Wildman–Crippen LogP) is 16.5. The van der Waals surface area contributed by atoms with Crippen LogP contribution in [0.2, 0.25) is 0 Å². The van der Waals surface area contributed by atoms with E-state index in [9.17, 15) is 0 Å². The fourth-order valence-electron chi connectivity index (χ4n) is 10.3. The van der Waals surface area contributed by atoms with E-state index in [1.54, 1.807) is 0 Å². The molecule has 0 N–H and O–H groups in total. The second-order valence-corrected chi connectivity index (χ2v) is 16.7. The van der Waals surface area contributed by atoms with Crippen LogP contribution in [0.25, 0.3) is 60.9 Å². The Morgan fingerprint density at radius 2 is 0.921 bits per heavy atom. The Labute approximate surface area is 368 Å². The van der Waals surface area contributed by atoms with Gasteiger partial charge in [-0.2, -0.15) is 0 Å². The molecule has 0 fully saturated rings. The van der Waals surface area contributed by atoms with Crippen molar-refractivity contribution >= 4 is 44.6 Å². The molecule has 1 aromatic heterocycles. The number of hydrogen-bond donors (Lipinski definition) is 0. The molecule has 0 saturated carbocycles. The predicted molar refractivity (Wildman–Crippen MR) is 263 cm³/mol. The summed E-state index contributed by atoms with van der Waals surface area (Å²) in [5.41, 5.74) is 19.1. The highest BCUT2D eigenvalue weighted by atomic mass is 16.3. The molecule has 0 atom stereocenters. The normalized spacial score (nSPS) is 13.7. The highest BCUT2D eigenvalue weighted by Crippen LogP contribution is 2.58. The van der Waals surface area contributed by atoms with E-state index in [1.165, 1.54) is 55.6 Å². The van der Waals surface area contributed by atoms with Gasteiger partial charge in [0.05, 0.1) is 5.41 Å². The quantitative estimate of drug-likeness (QED) is 0.152. The van der Waals surface area contributed by atoms with Gasteiger partial charge in [0.25, 0.3) is 0 Å². The van der Waals surface area contributed by atoms with Gasteiger partial charge in [-0.05, 0) is 105 Å². The van der Waals surface area contributed by atoms with Crippen molar-refractivity contribution in [2.45, 2.75) is 18.3 Å². The van der Waals surface area contributed by atoms with Crippen molar-refractivity contribution in [2.75, 3.05) is 4.90 Å². The molecular formula is C61H43NO. The molecule has 12 rings (SSSR count). The van der Waals surface area contributed by atoms with Gasteiger partial charge in [0.1, 0.15) is 11.2 Å². The number of nitrogens with zero attached hydrogens (tertiary/aromatic N) is 1. The van der Waals surface area contributed by atoms with Gasteiger partial charge in [-0.15, -0.1) is 0 Å². The number of para-hydroxylation sites is 1. The Balaban J connectivity index is 0.974. The van der Waals surface area contributed by atoms with Gasteiger partial charge in [-0.1, -0.05) is 200 Å². The standard InChI is InChI=1S/C61H43NO/c1-5-16-42(17-6-1)44-28-34-49(35-29-44)62(50-36-30-45(31-37-50)43-18-7-2-8-19-43)51-38-32-46(33-39-51)52-25-15-26-53-54-40-41-57-58(60(54)63-59(52)53)55-24-13-14-27-56(55)61(57,47-20-9-3-10-21-47)48-22-11-4-12-23-48/h1,3-7,9-41H,2,8H2. The lowest BCUT2D eigenvalue weighted by Crippen LogP contribution is -2.28. The summed E-state index contributed by atoms with van der Waals surface area (Å²) < 4.78 is 7.21. The first-order chi connectivity index (χ1) is 31.3. The van der Waals surface area contributed by atoms with Crippen molar-refractivity contribution in [1.29, 1.82) is 0 Å². The van der Waals surface area contributed by atoms with Crippen molar-refractivity contribution in [2.24, 2.45) is 0 Å². The van der Waals surface area contributed by atoms with E-state index in [0.29, 0.717) is 0 Å².